The fourth-order valence-corrected chi connectivity index (χ4v) is 6.05. The van der Waals surface area contributed by atoms with Crippen LogP contribution in [0.2, 0.25) is 0 Å². The number of nitrogens with zero attached hydrogens (tertiary/aromatic N) is 2. The summed E-state index contributed by atoms with van der Waals surface area (Å²) in [5.74, 6) is 1.06. The molecule has 0 fully saturated rings. The fraction of sp³-hybridized carbons (Fsp3) is 0.250. The van der Waals surface area contributed by atoms with Gasteiger partial charge >= 0.3 is 11.9 Å². The zero-order valence-corrected chi connectivity index (χ0v) is 25.4. The van der Waals surface area contributed by atoms with Gasteiger partial charge in [-0.25, -0.2) is 14.6 Å². The molecule has 11 heteroatoms. The van der Waals surface area contributed by atoms with E-state index in [0.29, 0.717) is 49.2 Å². The van der Waals surface area contributed by atoms with Gasteiger partial charge in [-0.3, -0.25) is 9.36 Å². The van der Waals surface area contributed by atoms with E-state index in [4.69, 9.17) is 23.4 Å². The number of esters is 2. The molecule has 0 aliphatic carbocycles. The van der Waals surface area contributed by atoms with Crippen molar-refractivity contribution in [1.82, 2.24) is 4.57 Å². The summed E-state index contributed by atoms with van der Waals surface area (Å²) in [5, 5.41) is 0. The number of benzene rings is 2. The summed E-state index contributed by atoms with van der Waals surface area (Å²) in [5.41, 5.74) is 3.00. The minimum Gasteiger partial charge on any atom is -0.497 e. The fourth-order valence-electron chi connectivity index (χ4n) is 5.02. The van der Waals surface area contributed by atoms with Crippen LogP contribution in [0, 0.1) is 6.92 Å². The maximum Gasteiger partial charge on any atom is 0.338 e. The third-order valence-electron chi connectivity index (χ3n) is 7.07. The van der Waals surface area contributed by atoms with Gasteiger partial charge in [-0.05, 0) is 62.7 Å². The molecule has 4 aromatic rings. The molecule has 10 nitrogen and oxygen atoms in total. The Hall–Kier alpha value is -4.90. The zero-order chi connectivity index (χ0) is 30.8. The summed E-state index contributed by atoms with van der Waals surface area (Å²) in [7, 11) is 4.40. The second kappa shape index (κ2) is 12.1. The largest absolute Gasteiger partial charge is 0.497 e. The van der Waals surface area contributed by atoms with Gasteiger partial charge in [-0.2, -0.15) is 0 Å². The number of methoxy groups -OCH3 is 3. The molecule has 1 atom stereocenters. The van der Waals surface area contributed by atoms with Gasteiger partial charge in [0.1, 0.15) is 29.1 Å². The van der Waals surface area contributed by atoms with Crippen LogP contribution < -0.4 is 24.4 Å². The van der Waals surface area contributed by atoms with Crippen LogP contribution in [0.5, 0.6) is 11.5 Å². The van der Waals surface area contributed by atoms with Crippen LogP contribution in [-0.2, 0) is 14.3 Å². The first-order valence-electron chi connectivity index (χ1n) is 13.4. The summed E-state index contributed by atoms with van der Waals surface area (Å²) in [4.78, 5) is 44.1. The van der Waals surface area contributed by atoms with E-state index in [1.807, 2.05) is 6.92 Å². The van der Waals surface area contributed by atoms with Gasteiger partial charge in [-0.15, -0.1) is 0 Å². The summed E-state index contributed by atoms with van der Waals surface area (Å²) in [6.07, 6.45) is 1.65. The molecule has 0 saturated carbocycles. The molecule has 0 N–H and O–H groups in total. The molecule has 1 aliphatic heterocycles. The highest BCUT2D eigenvalue weighted by molar-refractivity contribution is 7.07. The molecule has 1 aliphatic rings. The molecule has 5 rings (SSSR count). The number of ether oxygens (including phenoxy) is 4. The Morgan fingerprint density at radius 3 is 2.49 bits per heavy atom. The lowest BCUT2D eigenvalue weighted by Gasteiger charge is -2.26. The van der Waals surface area contributed by atoms with Crippen molar-refractivity contribution >= 4 is 29.4 Å². The van der Waals surface area contributed by atoms with Crippen molar-refractivity contribution in [2.24, 2.45) is 4.99 Å². The highest BCUT2D eigenvalue weighted by Gasteiger charge is 2.35. The van der Waals surface area contributed by atoms with Crippen molar-refractivity contribution in [2.75, 3.05) is 27.9 Å². The van der Waals surface area contributed by atoms with Gasteiger partial charge in [0.2, 0.25) is 0 Å². The number of furan rings is 1. The molecular formula is C32H30N2O8S. The maximum absolute atomic E-state index is 14.0. The summed E-state index contributed by atoms with van der Waals surface area (Å²) < 4.78 is 29.1. The molecule has 43 heavy (non-hydrogen) atoms. The van der Waals surface area contributed by atoms with Crippen LogP contribution in [0.4, 0.5) is 0 Å². The Morgan fingerprint density at radius 1 is 1.02 bits per heavy atom. The number of allylic oxidation sites excluding steroid dienone is 1. The number of carbonyl (C=O) groups excluding carboxylic acids is 2. The highest BCUT2D eigenvalue weighted by Crippen LogP contribution is 2.37. The Balaban J connectivity index is 1.62. The normalized spacial score (nSPS) is 14.7. The van der Waals surface area contributed by atoms with Gasteiger partial charge in [0.05, 0.1) is 49.3 Å². The van der Waals surface area contributed by atoms with Gasteiger partial charge in [0.15, 0.2) is 4.80 Å². The molecule has 222 valence electrons. The number of hydrogen-bond acceptors (Lipinski definition) is 10. The minimum absolute atomic E-state index is 0.165. The zero-order valence-electron chi connectivity index (χ0n) is 24.5. The van der Waals surface area contributed by atoms with E-state index in [1.165, 1.54) is 30.1 Å². The summed E-state index contributed by atoms with van der Waals surface area (Å²) in [6.45, 7) is 5.48. The molecular weight excluding hydrogens is 572 g/mol. The van der Waals surface area contributed by atoms with Gasteiger partial charge in [0.25, 0.3) is 5.56 Å². The number of hydrogen-bond donors (Lipinski definition) is 0. The second-order valence-corrected chi connectivity index (χ2v) is 10.6. The average molecular weight is 603 g/mol. The number of aryl methyl sites for hydroxylation is 1. The SMILES string of the molecule is CCOC(=O)C1=C(C)N=c2s/c(=C/c3ccc(-c4ccc(C(=O)OC)cc4C)o3)c(=O)n2[C@@H]1c1ccc(OC)cc1OC. The quantitative estimate of drug-likeness (QED) is 0.276. The molecule has 0 amide bonds. The average Bonchev–Trinajstić information content (AvgIpc) is 3.59. The number of rotatable bonds is 8. The third kappa shape index (κ3) is 5.51. The smallest absolute Gasteiger partial charge is 0.338 e. The van der Waals surface area contributed by atoms with E-state index in [-0.39, 0.29) is 17.7 Å². The molecule has 2 aromatic heterocycles. The van der Waals surface area contributed by atoms with Crippen LogP contribution in [0.1, 0.15) is 47.1 Å². The van der Waals surface area contributed by atoms with Crippen molar-refractivity contribution in [3.05, 3.63) is 102 Å². The Bertz CT molecular complexity index is 1950. The standard InChI is InChI=1S/C32H30N2O8S/c1-7-41-31(37)27-18(3)33-32-34(28(27)23-12-9-20(38-4)15-25(23)39-5)29(35)26(43-32)16-21-10-13-24(42-21)22-11-8-19(14-17(22)2)30(36)40-6/h8-16,28H,7H2,1-6H3/b26-16+/t28-/m1/s1. The van der Waals surface area contributed by atoms with E-state index in [1.54, 1.807) is 75.6 Å². The molecule has 0 radical (unpaired) electrons. The maximum atomic E-state index is 14.0. The lowest BCUT2D eigenvalue weighted by molar-refractivity contribution is -0.139. The van der Waals surface area contributed by atoms with Gasteiger partial charge in [0, 0.05) is 23.3 Å². The molecule has 0 spiro atoms. The van der Waals surface area contributed by atoms with E-state index < -0.39 is 18.0 Å². The van der Waals surface area contributed by atoms with E-state index >= 15 is 0 Å². The van der Waals surface area contributed by atoms with E-state index in [0.717, 1.165) is 11.1 Å². The van der Waals surface area contributed by atoms with Gasteiger partial charge < -0.3 is 23.4 Å². The van der Waals surface area contributed by atoms with E-state index in [9.17, 15) is 14.4 Å². The van der Waals surface area contributed by atoms with Crippen molar-refractivity contribution in [1.29, 1.82) is 0 Å². The first kappa shape index (κ1) is 29.6. The molecule has 0 saturated heterocycles. The second-order valence-electron chi connectivity index (χ2n) is 9.63. The molecule has 2 aromatic carbocycles. The minimum atomic E-state index is -0.846. The van der Waals surface area contributed by atoms with Gasteiger partial charge in [-0.1, -0.05) is 17.4 Å². The first-order chi connectivity index (χ1) is 20.7. The van der Waals surface area contributed by atoms with E-state index in [2.05, 4.69) is 4.99 Å². The van der Waals surface area contributed by atoms with Crippen molar-refractivity contribution in [3.8, 4) is 22.8 Å². The predicted molar refractivity (Wildman–Crippen MR) is 160 cm³/mol. The number of fused-ring (bicyclic) bond motifs is 1. The summed E-state index contributed by atoms with van der Waals surface area (Å²) >= 11 is 1.19. The Morgan fingerprint density at radius 2 is 1.81 bits per heavy atom. The van der Waals surface area contributed by atoms with Crippen molar-refractivity contribution in [2.45, 2.75) is 26.8 Å². The lowest BCUT2D eigenvalue weighted by atomic mass is 9.95. The Kier molecular flexibility index (Phi) is 8.36. The van der Waals surface area contributed by atoms with Crippen LogP contribution in [0.25, 0.3) is 17.4 Å². The first-order valence-corrected chi connectivity index (χ1v) is 14.2. The topological polar surface area (TPSA) is 119 Å². The summed E-state index contributed by atoms with van der Waals surface area (Å²) in [6, 6.07) is 13.1. The predicted octanol–water partition coefficient (Wildman–Crippen LogP) is 4.17. The monoisotopic (exact) mass is 602 g/mol. The van der Waals surface area contributed by atoms with Crippen molar-refractivity contribution < 1.29 is 33.0 Å². The molecule has 0 unspecified atom stereocenters. The highest BCUT2D eigenvalue weighted by atomic mass is 32.1. The van der Waals surface area contributed by atoms with Crippen LogP contribution in [0.15, 0.2) is 74.0 Å². The van der Waals surface area contributed by atoms with Crippen molar-refractivity contribution in [3.63, 3.8) is 0 Å². The van der Waals surface area contributed by atoms with Crippen LogP contribution in [0.3, 0.4) is 0 Å². The van der Waals surface area contributed by atoms with Crippen LogP contribution >= 0.6 is 11.3 Å². The number of carbonyl (C=O) groups is 2. The third-order valence-corrected chi connectivity index (χ3v) is 8.05. The van der Waals surface area contributed by atoms with Crippen LogP contribution in [-0.4, -0.2) is 44.4 Å². The number of thiazole rings is 1. The number of aromatic nitrogens is 1. The molecule has 3 heterocycles. The Labute approximate surface area is 251 Å². The lowest BCUT2D eigenvalue weighted by Crippen LogP contribution is -2.40. The molecule has 0 bridgehead atoms.